The number of aromatic nitrogens is 3. The average Bonchev–Trinajstić information content (AvgIpc) is 3.28. The first-order valence-corrected chi connectivity index (χ1v) is 11.6. The first kappa shape index (κ1) is 20.0. The maximum absolute atomic E-state index is 15.6. The number of pyridine rings is 1. The van der Waals surface area contributed by atoms with Crippen LogP contribution >= 0.6 is 0 Å². The van der Waals surface area contributed by atoms with Crippen LogP contribution in [0.4, 0.5) is 8.78 Å². The molecule has 1 aliphatic carbocycles. The zero-order chi connectivity index (χ0) is 21.7. The fourth-order valence-electron chi connectivity index (χ4n) is 5.64. The molecule has 0 amide bonds. The van der Waals surface area contributed by atoms with Crippen molar-refractivity contribution < 1.29 is 13.5 Å². The Bertz CT molecular complexity index is 1170. The van der Waals surface area contributed by atoms with Gasteiger partial charge >= 0.3 is 6.01 Å². The zero-order valence-electron chi connectivity index (χ0n) is 17.9. The van der Waals surface area contributed by atoms with Crippen LogP contribution in [0.25, 0.3) is 22.2 Å². The van der Waals surface area contributed by atoms with E-state index in [1.165, 1.54) is 6.42 Å². The van der Waals surface area contributed by atoms with E-state index in [9.17, 15) is 4.39 Å². The van der Waals surface area contributed by atoms with E-state index in [-0.39, 0.29) is 17.1 Å². The lowest BCUT2D eigenvalue weighted by molar-refractivity contribution is 0.107. The Balaban J connectivity index is 1.32. The molecule has 4 heterocycles. The third-order valence-electron chi connectivity index (χ3n) is 7.54. The van der Waals surface area contributed by atoms with Crippen LogP contribution in [-0.4, -0.2) is 51.3 Å². The van der Waals surface area contributed by atoms with E-state index in [1.807, 2.05) is 18.2 Å². The number of hydrogen-bond acceptors (Lipinski definition) is 5. The summed E-state index contributed by atoms with van der Waals surface area (Å²) < 4.78 is 35.6. The van der Waals surface area contributed by atoms with Crippen molar-refractivity contribution in [3.05, 3.63) is 48.0 Å². The molecular formula is C25H26F2N4O. The van der Waals surface area contributed by atoms with Crippen LogP contribution in [0.3, 0.4) is 0 Å². The van der Waals surface area contributed by atoms with Gasteiger partial charge in [-0.15, -0.1) is 0 Å². The minimum atomic E-state index is -0.821. The van der Waals surface area contributed by atoms with Gasteiger partial charge in [0.1, 0.15) is 24.0 Å². The number of nitrogens with zero attached hydrogens (tertiary/aromatic N) is 4. The molecule has 7 heteroatoms. The van der Waals surface area contributed by atoms with Crippen molar-refractivity contribution in [3.63, 3.8) is 0 Å². The highest BCUT2D eigenvalue weighted by Gasteiger charge is 2.49. The average molecular weight is 437 g/mol. The van der Waals surface area contributed by atoms with E-state index < -0.39 is 12.0 Å². The Morgan fingerprint density at radius 3 is 2.81 bits per heavy atom. The molecule has 2 atom stereocenters. The lowest BCUT2D eigenvalue weighted by Gasteiger charge is -2.30. The normalized spacial score (nSPS) is 25.8. The van der Waals surface area contributed by atoms with Gasteiger partial charge in [-0.3, -0.25) is 9.88 Å². The summed E-state index contributed by atoms with van der Waals surface area (Å²) in [5.41, 5.74) is 2.22. The third kappa shape index (κ3) is 3.25. The molecule has 3 aromatic rings. The maximum atomic E-state index is 15.6. The molecule has 0 spiro atoms. The lowest BCUT2D eigenvalue weighted by atomic mass is 9.77. The van der Waals surface area contributed by atoms with E-state index in [0.717, 1.165) is 43.4 Å². The Morgan fingerprint density at radius 2 is 1.97 bits per heavy atom. The molecule has 0 radical (unpaired) electrons. The van der Waals surface area contributed by atoms with Crippen LogP contribution < -0.4 is 4.74 Å². The second kappa shape index (κ2) is 7.73. The number of rotatable bonds is 5. The van der Waals surface area contributed by atoms with Crippen LogP contribution in [0.5, 0.6) is 6.01 Å². The predicted molar refractivity (Wildman–Crippen MR) is 118 cm³/mol. The summed E-state index contributed by atoms with van der Waals surface area (Å²) in [6, 6.07) is 8.06. The van der Waals surface area contributed by atoms with Gasteiger partial charge in [0, 0.05) is 36.3 Å². The Hall–Kier alpha value is -2.67. The molecule has 0 N–H and O–H groups in total. The third-order valence-corrected chi connectivity index (χ3v) is 7.54. The van der Waals surface area contributed by atoms with Gasteiger partial charge < -0.3 is 4.74 Å². The summed E-state index contributed by atoms with van der Waals surface area (Å²) >= 11 is 0. The van der Waals surface area contributed by atoms with Gasteiger partial charge in [-0.1, -0.05) is 30.7 Å². The van der Waals surface area contributed by atoms with E-state index in [2.05, 4.69) is 25.9 Å². The first-order chi connectivity index (χ1) is 15.6. The highest BCUT2D eigenvalue weighted by Crippen LogP contribution is 2.42. The standard InChI is InChI=1S/C25H26F2N4O/c26-18-11-25(9-4-10-31(25)14-18)15-32-24-29-13-17-12-28-23(21(27)22(17)30-24)20-8-2-1-7-19(20)16-5-3-6-16/h1-2,7-8,12-13,16,18H,3-6,9-11,14-15H2. The van der Waals surface area contributed by atoms with E-state index in [0.29, 0.717) is 36.6 Å². The maximum Gasteiger partial charge on any atom is 0.317 e. The van der Waals surface area contributed by atoms with Gasteiger partial charge in [0.25, 0.3) is 0 Å². The van der Waals surface area contributed by atoms with Gasteiger partial charge in [0.2, 0.25) is 0 Å². The molecule has 32 heavy (non-hydrogen) atoms. The molecule has 2 unspecified atom stereocenters. The minimum absolute atomic E-state index is 0.129. The molecule has 2 aliphatic heterocycles. The Labute approximate surface area is 185 Å². The fraction of sp³-hybridized carbons (Fsp3) is 0.480. The fourth-order valence-corrected chi connectivity index (χ4v) is 5.64. The van der Waals surface area contributed by atoms with Crippen LogP contribution in [0, 0.1) is 5.82 Å². The minimum Gasteiger partial charge on any atom is -0.461 e. The van der Waals surface area contributed by atoms with Crippen molar-refractivity contribution in [1.29, 1.82) is 0 Å². The number of fused-ring (bicyclic) bond motifs is 2. The monoisotopic (exact) mass is 436 g/mol. The molecule has 0 bridgehead atoms. The molecule has 5 nitrogen and oxygen atoms in total. The number of benzene rings is 1. The summed E-state index contributed by atoms with van der Waals surface area (Å²) in [4.78, 5) is 15.3. The molecule has 3 aliphatic rings. The first-order valence-electron chi connectivity index (χ1n) is 11.6. The van der Waals surface area contributed by atoms with Gasteiger partial charge in [0.05, 0.1) is 5.54 Å². The molecule has 6 rings (SSSR count). The Kier molecular flexibility index (Phi) is 4.82. The highest BCUT2D eigenvalue weighted by atomic mass is 19.1. The predicted octanol–water partition coefficient (Wildman–Crippen LogP) is 5.05. The summed E-state index contributed by atoms with van der Waals surface area (Å²) in [7, 11) is 0. The van der Waals surface area contributed by atoms with E-state index in [4.69, 9.17) is 4.74 Å². The summed E-state index contributed by atoms with van der Waals surface area (Å²) in [5, 5.41) is 0.532. The van der Waals surface area contributed by atoms with Crippen molar-refractivity contribution in [1.82, 2.24) is 19.9 Å². The van der Waals surface area contributed by atoms with Crippen LogP contribution in [0.15, 0.2) is 36.7 Å². The SMILES string of the molecule is Fc1c(-c2ccccc2C2CCC2)ncc2cnc(OCC34CCCN3CC(F)C4)nc12. The molecule has 1 saturated carbocycles. The largest absolute Gasteiger partial charge is 0.461 e. The van der Waals surface area contributed by atoms with E-state index in [1.54, 1.807) is 12.4 Å². The van der Waals surface area contributed by atoms with Crippen molar-refractivity contribution in [2.45, 2.75) is 56.2 Å². The summed E-state index contributed by atoms with van der Waals surface area (Å²) in [6.45, 7) is 1.68. The summed E-state index contributed by atoms with van der Waals surface area (Å²) in [6.07, 6.45) is 8.24. The number of halogens is 2. The molecule has 2 saturated heterocycles. The molecule has 1 aromatic carbocycles. The smallest absolute Gasteiger partial charge is 0.317 e. The second-order valence-corrected chi connectivity index (χ2v) is 9.46. The van der Waals surface area contributed by atoms with Gasteiger partial charge in [0.15, 0.2) is 5.82 Å². The van der Waals surface area contributed by atoms with E-state index >= 15 is 4.39 Å². The van der Waals surface area contributed by atoms with Crippen molar-refractivity contribution in [2.75, 3.05) is 19.7 Å². The van der Waals surface area contributed by atoms with Crippen LogP contribution in [0.2, 0.25) is 0 Å². The van der Waals surface area contributed by atoms with Gasteiger partial charge in [-0.2, -0.15) is 4.98 Å². The molecule has 3 fully saturated rings. The number of ether oxygens (including phenoxy) is 1. The van der Waals surface area contributed by atoms with Crippen molar-refractivity contribution >= 4 is 10.9 Å². The van der Waals surface area contributed by atoms with Gasteiger partial charge in [-0.25, -0.2) is 13.8 Å². The lowest BCUT2D eigenvalue weighted by Crippen LogP contribution is -2.43. The molecule has 166 valence electrons. The van der Waals surface area contributed by atoms with Gasteiger partial charge in [-0.05, 0) is 43.7 Å². The van der Waals surface area contributed by atoms with Crippen molar-refractivity contribution in [3.8, 4) is 17.3 Å². The molecular weight excluding hydrogens is 410 g/mol. The number of alkyl halides is 1. The van der Waals surface area contributed by atoms with Crippen LogP contribution in [-0.2, 0) is 0 Å². The zero-order valence-corrected chi connectivity index (χ0v) is 17.9. The topological polar surface area (TPSA) is 51.1 Å². The summed E-state index contributed by atoms with van der Waals surface area (Å²) in [5.74, 6) is 0.0126. The Morgan fingerprint density at radius 1 is 1.12 bits per heavy atom. The molecule has 2 aromatic heterocycles. The van der Waals surface area contributed by atoms with Crippen LogP contribution in [0.1, 0.15) is 50.0 Å². The highest BCUT2D eigenvalue weighted by molar-refractivity contribution is 5.83. The second-order valence-electron chi connectivity index (χ2n) is 9.46. The van der Waals surface area contributed by atoms with Crippen molar-refractivity contribution in [2.24, 2.45) is 0 Å². The quantitative estimate of drug-likeness (QED) is 0.560. The number of hydrogen-bond donors (Lipinski definition) is 0.